The minimum Gasteiger partial charge on any atom is -0.483 e. The van der Waals surface area contributed by atoms with E-state index < -0.39 is 11.9 Å². The van der Waals surface area contributed by atoms with Gasteiger partial charge < -0.3 is 10.5 Å². The molecule has 0 saturated carbocycles. The topological polar surface area (TPSA) is 81.4 Å². The quantitative estimate of drug-likeness (QED) is 0.828. The number of hydrogen-bond acceptors (Lipinski definition) is 3. The lowest BCUT2D eigenvalue weighted by Crippen LogP contribution is -2.38. The fraction of sp³-hybridized carbons (Fsp3) is 0.333. The molecule has 0 heterocycles. The summed E-state index contributed by atoms with van der Waals surface area (Å²) >= 11 is 0. The summed E-state index contributed by atoms with van der Waals surface area (Å²) in [5.41, 5.74) is 5.83. The molecule has 0 saturated heterocycles. The van der Waals surface area contributed by atoms with E-state index in [9.17, 15) is 9.59 Å². The van der Waals surface area contributed by atoms with Gasteiger partial charge in [-0.05, 0) is 17.5 Å². The van der Waals surface area contributed by atoms with E-state index in [1.807, 2.05) is 37.4 Å². The van der Waals surface area contributed by atoms with Gasteiger partial charge in [0.25, 0.3) is 5.91 Å². The highest BCUT2D eigenvalue weighted by Crippen LogP contribution is 2.25. The fourth-order valence-corrected chi connectivity index (χ4v) is 1.41. The number of benzene rings is 1. The molecule has 0 aliphatic heterocycles. The van der Waals surface area contributed by atoms with Crippen molar-refractivity contribution < 1.29 is 14.3 Å². The zero-order valence-electron chi connectivity index (χ0n) is 9.90. The number of nitrogens with two attached hydrogens (primary N) is 1. The molecule has 1 aromatic carbocycles. The average molecular weight is 236 g/mol. The van der Waals surface area contributed by atoms with Crippen molar-refractivity contribution in [3.05, 3.63) is 29.8 Å². The number of amides is 3. The van der Waals surface area contributed by atoms with Crippen LogP contribution in [0.25, 0.3) is 0 Å². The lowest BCUT2D eigenvalue weighted by Gasteiger charge is -2.13. The van der Waals surface area contributed by atoms with Crippen LogP contribution in [-0.2, 0) is 4.79 Å². The van der Waals surface area contributed by atoms with Gasteiger partial charge in [0.15, 0.2) is 6.61 Å². The number of primary amides is 1. The second kappa shape index (κ2) is 5.89. The lowest BCUT2D eigenvalue weighted by atomic mass is 10.0. The molecular formula is C12H16N2O3. The van der Waals surface area contributed by atoms with Crippen molar-refractivity contribution in [2.75, 3.05) is 6.61 Å². The molecule has 0 bridgehead atoms. The summed E-state index contributed by atoms with van der Waals surface area (Å²) in [5.74, 6) is 0.378. The van der Waals surface area contributed by atoms with Gasteiger partial charge in [-0.15, -0.1) is 0 Å². The van der Waals surface area contributed by atoms with Gasteiger partial charge in [-0.25, -0.2) is 4.79 Å². The monoisotopic (exact) mass is 236 g/mol. The molecule has 0 spiro atoms. The summed E-state index contributed by atoms with van der Waals surface area (Å²) in [6.07, 6.45) is 0. The zero-order valence-corrected chi connectivity index (χ0v) is 9.90. The molecule has 5 nitrogen and oxygen atoms in total. The highest BCUT2D eigenvalue weighted by molar-refractivity contribution is 5.94. The first-order chi connectivity index (χ1) is 8.00. The van der Waals surface area contributed by atoms with Gasteiger partial charge in [0.2, 0.25) is 0 Å². The van der Waals surface area contributed by atoms with Crippen molar-refractivity contribution in [2.45, 2.75) is 19.8 Å². The number of hydrogen-bond donors (Lipinski definition) is 2. The van der Waals surface area contributed by atoms with E-state index in [2.05, 4.69) is 0 Å². The van der Waals surface area contributed by atoms with E-state index in [-0.39, 0.29) is 6.61 Å². The molecule has 3 amide bonds. The molecule has 1 rings (SSSR count). The molecule has 1 aromatic rings. The van der Waals surface area contributed by atoms with E-state index in [4.69, 9.17) is 10.5 Å². The van der Waals surface area contributed by atoms with Crippen LogP contribution in [0.4, 0.5) is 4.79 Å². The largest absolute Gasteiger partial charge is 0.483 e. The Kier molecular flexibility index (Phi) is 4.51. The van der Waals surface area contributed by atoms with Gasteiger partial charge in [-0.1, -0.05) is 32.0 Å². The SMILES string of the molecule is CC(C)c1ccccc1OCC(=O)NC(N)=O. The molecule has 92 valence electrons. The van der Waals surface area contributed by atoms with Crippen LogP contribution < -0.4 is 15.8 Å². The number of nitrogens with one attached hydrogen (secondary N) is 1. The van der Waals surface area contributed by atoms with Crippen molar-refractivity contribution in [1.82, 2.24) is 5.32 Å². The summed E-state index contributed by atoms with van der Waals surface area (Å²) in [4.78, 5) is 21.6. The first kappa shape index (κ1) is 13.0. The highest BCUT2D eigenvalue weighted by Gasteiger charge is 2.09. The maximum absolute atomic E-state index is 11.2. The third-order valence-electron chi connectivity index (χ3n) is 2.16. The maximum Gasteiger partial charge on any atom is 0.318 e. The van der Waals surface area contributed by atoms with E-state index >= 15 is 0 Å². The molecule has 5 heteroatoms. The Morgan fingerprint density at radius 1 is 1.35 bits per heavy atom. The number of rotatable bonds is 4. The first-order valence-corrected chi connectivity index (χ1v) is 5.31. The lowest BCUT2D eigenvalue weighted by molar-refractivity contribution is -0.121. The van der Waals surface area contributed by atoms with Crippen LogP contribution in [0.2, 0.25) is 0 Å². The van der Waals surface area contributed by atoms with Gasteiger partial charge in [0.05, 0.1) is 0 Å². The van der Waals surface area contributed by atoms with Crippen LogP contribution in [0.3, 0.4) is 0 Å². The Morgan fingerprint density at radius 3 is 2.59 bits per heavy atom. The minimum atomic E-state index is -0.879. The Morgan fingerprint density at radius 2 is 2.00 bits per heavy atom. The summed E-state index contributed by atoms with van der Waals surface area (Å²) in [6, 6.07) is 6.58. The number of carbonyl (C=O) groups is 2. The van der Waals surface area contributed by atoms with Crippen LogP contribution >= 0.6 is 0 Å². The van der Waals surface area contributed by atoms with Crippen molar-refractivity contribution >= 4 is 11.9 Å². The molecule has 0 aliphatic carbocycles. The van der Waals surface area contributed by atoms with Gasteiger partial charge in [-0.2, -0.15) is 0 Å². The molecule has 0 atom stereocenters. The Bertz CT molecular complexity index is 416. The predicted octanol–water partition coefficient (Wildman–Crippen LogP) is 1.38. The van der Waals surface area contributed by atoms with Crippen LogP contribution in [0.15, 0.2) is 24.3 Å². The normalized spacial score (nSPS) is 10.1. The van der Waals surface area contributed by atoms with Gasteiger partial charge >= 0.3 is 6.03 Å². The summed E-state index contributed by atoms with van der Waals surface area (Å²) in [6.45, 7) is 3.84. The van der Waals surface area contributed by atoms with Crippen LogP contribution in [-0.4, -0.2) is 18.5 Å². The Balaban J connectivity index is 2.63. The third-order valence-corrected chi connectivity index (χ3v) is 2.16. The number of carbonyl (C=O) groups excluding carboxylic acids is 2. The molecule has 17 heavy (non-hydrogen) atoms. The fourth-order valence-electron chi connectivity index (χ4n) is 1.41. The van der Waals surface area contributed by atoms with Crippen molar-refractivity contribution in [1.29, 1.82) is 0 Å². The number of urea groups is 1. The second-order valence-electron chi connectivity index (χ2n) is 3.89. The van der Waals surface area contributed by atoms with E-state index in [0.717, 1.165) is 5.56 Å². The van der Waals surface area contributed by atoms with Crippen molar-refractivity contribution in [2.24, 2.45) is 5.73 Å². The molecule has 0 aromatic heterocycles. The first-order valence-electron chi connectivity index (χ1n) is 5.31. The molecule has 0 fully saturated rings. The van der Waals surface area contributed by atoms with Gasteiger partial charge in [0.1, 0.15) is 5.75 Å². The standard InChI is InChI=1S/C12H16N2O3/c1-8(2)9-5-3-4-6-10(9)17-7-11(15)14-12(13)16/h3-6,8H,7H2,1-2H3,(H3,13,14,15,16). The average Bonchev–Trinajstić information content (AvgIpc) is 2.25. The maximum atomic E-state index is 11.2. The Hall–Kier alpha value is -2.04. The summed E-state index contributed by atoms with van der Waals surface area (Å²) in [7, 11) is 0. The van der Waals surface area contributed by atoms with Gasteiger partial charge in [0, 0.05) is 0 Å². The third kappa shape index (κ3) is 4.14. The number of imide groups is 1. The van der Waals surface area contributed by atoms with Crippen molar-refractivity contribution in [3.8, 4) is 5.75 Å². The predicted molar refractivity (Wildman–Crippen MR) is 63.8 cm³/mol. The molecule has 0 radical (unpaired) electrons. The van der Waals surface area contributed by atoms with E-state index in [0.29, 0.717) is 11.7 Å². The zero-order chi connectivity index (χ0) is 12.8. The smallest absolute Gasteiger partial charge is 0.318 e. The van der Waals surface area contributed by atoms with Crippen LogP contribution in [0.5, 0.6) is 5.75 Å². The second-order valence-corrected chi connectivity index (χ2v) is 3.89. The van der Waals surface area contributed by atoms with Crippen LogP contribution in [0, 0.1) is 0 Å². The summed E-state index contributed by atoms with van der Waals surface area (Å²) < 4.78 is 5.34. The molecule has 3 N–H and O–H groups in total. The number of ether oxygens (including phenoxy) is 1. The van der Waals surface area contributed by atoms with E-state index in [1.54, 1.807) is 6.07 Å². The van der Waals surface area contributed by atoms with E-state index in [1.165, 1.54) is 0 Å². The van der Waals surface area contributed by atoms with Gasteiger partial charge in [-0.3, -0.25) is 10.1 Å². The van der Waals surface area contributed by atoms with Crippen molar-refractivity contribution in [3.63, 3.8) is 0 Å². The highest BCUT2D eigenvalue weighted by atomic mass is 16.5. The molecule has 0 aliphatic rings. The van der Waals surface area contributed by atoms with Crippen LogP contribution in [0.1, 0.15) is 25.3 Å². The summed E-state index contributed by atoms with van der Waals surface area (Å²) in [5, 5.41) is 1.94. The minimum absolute atomic E-state index is 0.229. The molecule has 0 unspecified atom stereocenters. The Labute approximate surface area is 99.9 Å². The number of para-hydroxylation sites is 1. The molecular weight excluding hydrogens is 220 g/mol.